The highest BCUT2D eigenvalue weighted by atomic mass is 16.2. The van der Waals surface area contributed by atoms with Gasteiger partial charge in [0, 0.05) is 26.7 Å². The lowest BCUT2D eigenvalue weighted by atomic mass is 10.1. The number of urea groups is 1. The van der Waals surface area contributed by atoms with Crippen LogP contribution in [0.25, 0.3) is 0 Å². The molecule has 4 heteroatoms. The zero-order valence-electron chi connectivity index (χ0n) is 10.9. The molecule has 0 unspecified atom stereocenters. The summed E-state index contributed by atoms with van der Waals surface area (Å²) in [5.41, 5.74) is 3.17. The van der Waals surface area contributed by atoms with Crippen LogP contribution in [0.4, 0.5) is 10.5 Å². The first-order valence-corrected chi connectivity index (χ1v) is 6.05. The number of hydrogen-bond acceptors (Lipinski definition) is 2. The van der Waals surface area contributed by atoms with E-state index in [0.29, 0.717) is 13.1 Å². The Balaban J connectivity index is 2.27. The van der Waals surface area contributed by atoms with Crippen LogP contribution < -0.4 is 10.2 Å². The lowest BCUT2D eigenvalue weighted by Gasteiger charge is -2.35. The average Bonchev–Trinajstić information content (AvgIpc) is 2.35. The molecule has 0 spiro atoms. The molecular formula is C14H19N3O. The number of hydrogen-bond donors (Lipinski definition) is 1. The fourth-order valence-electron chi connectivity index (χ4n) is 2.22. The van der Waals surface area contributed by atoms with Crippen molar-refractivity contribution in [3.63, 3.8) is 0 Å². The van der Waals surface area contributed by atoms with Gasteiger partial charge in [0.1, 0.15) is 0 Å². The first kappa shape index (κ1) is 12.6. The van der Waals surface area contributed by atoms with Crippen LogP contribution in [-0.4, -0.2) is 38.1 Å². The Kier molecular flexibility index (Phi) is 3.67. The Labute approximate surface area is 108 Å². The van der Waals surface area contributed by atoms with Gasteiger partial charge in [0.25, 0.3) is 0 Å². The average molecular weight is 245 g/mol. The molecule has 0 aliphatic carbocycles. The lowest BCUT2D eigenvalue weighted by Crippen LogP contribution is -2.46. The van der Waals surface area contributed by atoms with Crippen molar-refractivity contribution < 1.29 is 4.79 Å². The van der Waals surface area contributed by atoms with Crippen molar-refractivity contribution in [3.8, 4) is 0 Å². The minimum absolute atomic E-state index is 0.0333. The molecule has 96 valence electrons. The molecule has 0 saturated carbocycles. The van der Waals surface area contributed by atoms with Crippen LogP contribution in [0.3, 0.4) is 0 Å². The second kappa shape index (κ2) is 5.23. The van der Waals surface area contributed by atoms with E-state index in [0.717, 1.165) is 17.8 Å². The van der Waals surface area contributed by atoms with E-state index in [4.69, 9.17) is 0 Å². The van der Waals surface area contributed by atoms with E-state index in [1.165, 1.54) is 5.56 Å². The minimum atomic E-state index is 0.0333. The van der Waals surface area contributed by atoms with Gasteiger partial charge in [-0.3, -0.25) is 4.90 Å². The molecule has 2 amide bonds. The normalized spacial score (nSPS) is 14.7. The quantitative estimate of drug-likeness (QED) is 0.821. The third-order valence-corrected chi connectivity index (χ3v) is 3.06. The summed E-state index contributed by atoms with van der Waals surface area (Å²) in [6, 6.07) is 8.05. The minimum Gasteiger partial charge on any atom is -0.323 e. The van der Waals surface area contributed by atoms with Crippen LogP contribution in [0.2, 0.25) is 0 Å². The monoisotopic (exact) mass is 245 g/mol. The number of fused-ring (bicyclic) bond motifs is 1. The van der Waals surface area contributed by atoms with Gasteiger partial charge < -0.3 is 10.2 Å². The van der Waals surface area contributed by atoms with Gasteiger partial charge >= 0.3 is 6.03 Å². The zero-order valence-corrected chi connectivity index (χ0v) is 10.9. The van der Waals surface area contributed by atoms with E-state index >= 15 is 0 Å². The Morgan fingerprint density at radius 1 is 1.44 bits per heavy atom. The summed E-state index contributed by atoms with van der Waals surface area (Å²) in [5, 5.41) is 3.06. The zero-order chi connectivity index (χ0) is 13.1. The molecule has 0 bridgehead atoms. The molecule has 0 saturated heterocycles. The fraction of sp³-hybridized carbons (Fsp3) is 0.357. The largest absolute Gasteiger partial charge is 0.324 e. The Hall–Kier alpha value is -1.81. The number of amides is 2. The molecule has 0 fully saturated rings. The Morgan fingerprint density at radius 3 is 2.89 bits per heavy atom. The molecule has 2 rings (SSSR count). The van der Waals surface area contributed by atoms with E-state index in [9.17, 15) is 4.79 Å². The van der Waals surface area contributed by atoms with Crippen LogP contribution in [0.1, 0.15) is 5.56 Å². The van der Waals surface area contributed by atoms with E-state index < -0.39 is 0 Å². The standard InChI is InChI=1S/C14H19N3O/c1-11(8-15-2)9-17-13-7-5-4-6-12(13)10-16(3)14(17)18/h4-7,15H,1,8-10H2,2-3H3. The summed E-state index contributed by atoms with van der Waals surface area (Å²) in [5.74, 6) is 0. The second-order valence-corrected chi connectivity index (χ2v) is 4.63. The molecule has 1 aliphatic rings. The fourth-order valence-corrected chi connectivity index (χ4v) is 2.22. The van der Waals surface area contributed by atoms with Gasteiger partial charge in [-0.1, -0.05) is 24.8 Å². The number of nitrogens with zero attached hydrogens (tertiary/aromatic N) is 2. The number of rotatable bonds is 4. The molecule has 0 radical (unpaired) electrons. The summed E-state index contributed by atoms with van der Waals surface area (Å²) in [7, 11) is 3.70. The van der Waals surface area contributed by atoms with E-state index in [-0.39, 0.29) is 6.03 Å². The van der Waals surface area contributed by atoms with Gasteiger partial charge in [-0.05, 0) is 24.3 Å². The Bertz CT molecular complexity index is 470. The summed E-state index contributed by atoms with van der Waals surface area (Å²) in [6.45, 7) is 5.94. The number of nitrogens with one attached hydrogen (secondary N) is 1. The highest BCUT2D eigenvalue weighted by Gasteiger charge is 2.27. The van der Waals surface area contributed by atoms with Crippen LogP contribution >= 0.6 is 0 Å². The third-order valence-electron chi connectivity index (χ3n) is 3.06. The van der Waals surface area contributed by atoms with Crippen LogP contribution in [0.15, 0.2) is 36.4 Å². The number of carbonyl (C=O) groups excluding carboxylic acids is 1. The van der Waals surface area contributed by atoms with Crippen molar-refractivity contribution in [2.24, 2.45) is 0 Å². The number of benzene rings is 1. The molecule has 0 atom stereocenters. The Morgan fingerprint density at radius 2 is 2.17 bits per heavy atom. The maximum atomic E-state index is 12.2. The molecule has 1 aromatic rings. The highest BCUT2D eigenvalue weighted by molar-refractivity contribution is 5.95. The van der Waals surface area contributed by atoms with E-state index in [1.807, 2.05) is 32.3 Å². The molecular weight excluding hydrogens is 226 g/mol. The summed E-state index contributed by atoms with van der Waals surface area (Å²) in [6.07, 6.45) is 0. The predicted octanol–water partition coefficient (Wildman–Crippen LogP) is 1.83. The second-order valence-electron chi connectivity index (χ2n) is 4.63. The first-order valence-electron chi connectivity index (χ1n) is 6.05. The molecule has 1 heterocycles. The van der Waals surface area contributed by atoms with Crippen molar-refractivity contribution >= 4 is 11.7 Å². The topological polar surface area (TPSA) is 35.6 Å². The summed E-state index contributed by atoms with van der Waals surface area (Å²) < 4.78 is 0. The van der Waals surface area contributed by atoms with Crippen molar-refractivity contribution in [1.82, 2.24) is 10.2 Å². The number of para-hydroxylation sites is 1. The number of anilines is 1. The lowest BCUT2D eigenvalue weighted by molar-refractivity contribution is 0.211. The summed E-state index contributed by atoms with van der Waals surface area (Å²) in [4.78, 5) is 15.7. The molecule has 4 nitrogen and oxygen atoms in total. The van der Waals surface area contributed by atoms with Crippen LogP contribution in [-0.2, 0) is 6.54 Å². The van der Waals surface area contributed by atoms with Crippen molar-refractivity contribution in [3.05, 3.63) is 42.0 Å². The van der Waals surface area contributed by atoms with Gasteiger partial charge in [-0.2, -0.15) is 0 Å². The van der Waals surface area contributed by atoms with Gasteiger partial charge in [0.2, 0.25) is 0 Å². The van der Waals surface area contributed by atoms with Gasteiger partial charge in [0.15, 0.2) is 0 Å². The van der Waals surface area contributed by atoms with Crippen molar-refractivity contribution in [1.29, 1.82) is 0 Å². The third kappa shape index (κ3) is 2.38. The SMILES string of the molecule is C=C(CNC)CN1C(=O)N(C)Cc2ccccc21. The van der Waals surface area contributed by atoms with Crippen molar-refractivity contribution in [2.75, 3.05) is 32.1 Å². The molecule has 1 N–H and O–H groups in total. The number of likely N-dealkylation sites (N-methyl/N-ethyl adjacent to an activating group) is 1. The van der Waals surface area contributed by atoms with Gasteiger partial charge in [-0.15, -0.1) is 0 Å². The molecule has 1 aliphatic heterocycles. The number of carbonyl (C=O) groups is 1. The van der Waals surface area contributed by atoms with E-state index in [1.54, 1.807) is 9.80 Å². The molecule has 0 aromatic heterocycles. The smallest absolute Gasteiger partial charge is 0.323 e. The van der Waals surface area contributed by atoms with Gasteiger partial charge in [-0.25, -0.2) is 4.79 Å². The molecule has 18 heavy (non-hydrogen) atoms. The molecule has 1 aromatic carbocycles. The van der Waals surface area contributed by atoms with Gasteiger partial charge in [0.05, 0.1) is 5.69 Å². The highest BCUT2D eigenvalue weighted by Crippen LogP contribution is 2.27. The van der Waals surface area contributed by atoms with E-state index in [2.05, 4.69) is 18.0 Å². The maximum Gasteiger partial charge on any atom is 0.324 e. The van der Waals surface area contributed by atoms with Crippen LogP contribution in [0.5, 0.6) is 0 Å². The maximum absolute atomic E-state index is 12.2. The van der Waals surface area contributed by atoms with Crippen molar-refractivity contribution in [2.45, 2.75) is 6.54 Å². The predicted molar refractivity (Wildman–Crippen MR) is 73.7 cm³/mol. The first-order chi connectivity index (χ1) is 8.63. The summed E-state index contributed by atoms with van der Waals surface area (Å²) >= 11 is 0. The van der Waals surface area contributed by atoms with Crippen LogP contribution in [0, 0.1) is 0 Å².